The van der Waals surface area contributed by atoms with E-state index in [0.717, 1.165) is 19.4 Å². The zero-order chi connectivity index (χ0) is 18.3. The maximum Gasteiger partial charge on any atom is 0.160 e. The Hall–Kier alpha value is -0.320. The van der Waals surface area contributed by atoms with Crippen LogP contribution in [0.25, 0.3) is 0 Å². The number of hydrogen-bond donors (Lipinski definition) is 2. The summed E-state index contributed by atoms with van der Waals surface area (Å²) in [6.45, 7) is 5.60. The summed E-state index contributed by atoms with van der Waals surface area (Å²) in [5.41, 5.74) is 0. The van der Waals surface area contributed by atoms with Crippen LogP contribution in [0.1, 0.15) is 26.2 Å². The van der Waals surface area contributed by atoms with Crippen molar-refractivity contribution < 1.29 is 38.6 Å². The normalized spacial score (nSPS) is 26.9. The van der Waals surface area contributed by atoms with Crippen molar-refractivity contribution in [1.29, 1.82) is 0 Å². The Morgan fingerprint density at radius 1 is 0.960 bits per heavy atom. The Balaban J connectivity index is 1.95. The molecule has 0 bridgehead atoms. The summed E-state index contributed by atoms with van der Waals surface area (Å²) in [5, 5.41) is 19.1. The van der Waals surface area contributed by atoms with E-state index in [1.807, 2.05) is 0 Å². The van der Waals surface area contributed by atoms with Gasteiger partial charge in [-0.15, -0.1) is 0 Å². The fourth-order valence-electron chi connectivity index (χ4n) is 2.42. The van der Waals surface area contributed by atoms with Crippen molar-refractivity contribution in [3.05, 3.63) is 0 Å². The number of ether oxygens (including phenoxy) is 6. The Morgan fingerprint density at radius 3 is 2.12 bits per heavy atom. The summed E-state index contributed by atoms with van der Waals surface area (Å²) < 4.78 is 32.4. The molecule has 1 heterocycles. The van der Waals surface area contributed by atoms with E-state index in [1.165, 1.54) is 7.11 Å². The van der Waals surface area contributed by atoms with E-state index >= 15 is 0 Å². The predicted molar refractivity (Wildman–Crippen MR) is 90.5 cm³/mol. The second kappa shape index (κ2) is 14.8. The van der Waals surface area contributed by atoms with Gasteiger partial charge in [-0.3, -0.25) is 0 Å². The Bertz CT molecular complexity index is 290. The smallest absolute Gasteiger partial charge is 0.160 e. The van der Waals surface area contributed by atoms with Gasteiger partial charge >= 0.3 is 0 Å². The SMILES string of the molecule is CCCCOCCOCCOCCOC1CC(OC)C(O)C(CO)O1. The van der Waals surface area contributed by atoms with E-state index in [-0.39, 0.29) is 6.61 Å². The number of rotatable bonds is 15. The van der Waals surface area contributed by atoms with Crippen LogP contribution in [-0.2, 0) is 28.4 Å². The Morgan fingerprint density at radius 2 is 1.56 bits per heavy atom. The lowest BCUT2D eigenvalue weighted by molar-refractivity contribution is -0.262. The molecular weight excluding hydrogens is 332 g/mol. The van der Waals surface area contributed by atoms with Crippen LogP contribution in [0.5, 0.6) is 0 Å². The summed E-state index contributed by atoms with van der Waals surface area (Å²) in [6, 6.07) is 0. The van der Waals surface area contributed by atoms with E-state index < -0.39 is 24.6 Å². The molecule has 0 aromatic carbocycles. The highest BCUT2D eigenvalue weighted by Crippen LogP contribution is 2.22. The lowest BCUT2D eigenvalue weighted by Crippen LogP contribution is -2.51. The molecule has 0 aromatic heterocycles. The van der Waals surface area contributed by atoms with Crippen LogP contribution in [0.4, 0.5) is 0 Å². The predicted octanol–water partition coefficient (Wildman–Crippen LogP) is 0.336. The molecule has 4 unspecified atom stereocenters. The summed E-state index contributed by atoms with van der Waals surface area (Å²) in [7, 11) is 1.52. The maximum atomic E-state index is 9.91. The molecule has 8 nitrogen and oxygen atoms in total. The highest BCUT2D eigenvalue weighted by molar-refractivity contribution is 4.83. The molecule has 8 heteroatoms. The number of hydrogen-bond acceptors (Lipinski definition) is 8. The number of aliphatic hydroxyl groups is 2. The number of methoxy groups -OCH3 is 1. The average molecular weight is 366 g/mol. The molecule has 1 fully saturated rings. The maximum absolute atomic E-state index is 9.91. The van der Waals surface area contributed by atoms with Crippen LogP contribution in [0.2, 0.25) is 0 Å². The van der Waals surface area contributed by atoms with Gasteiger partial charge in [-0.2, -0.15) is 0 Å². The largest absolute Gasteiger partial charge is 0.394 e. The molecule has 1 aliphatic heterocycles. The quantitative estimate of drug-likeness (QED) is 0.401. The van der Waals surface area contributed by atoms with Crippen molar-refractivity contribution in [3.8, 4) is 0 Å². The molecule has 0 aliphatic carbocycles. The molecule has 0 saturated carbocycles. The minimum absolute atomic E-state index is 0.281. The van der Waals surface area contributed by atoms with Gasteiger partial charge in [-0.05, 0) is 6.42 Å². The van der Waals surface area contributed by atoms with Crippen molar-refractivity contribution >= 4 is 0 Å². The third-order valence-electron chi connectivity index (χ3n) is 3.91. The molecule has 0 aromatic rings. The second-order valence-electron chi connectivity index (χ2n) is 5.85. The third kappa shape index (κ3) is 9.81. The summed E-state index contributed by atoms with van der Waals surface area (Å²) in [5.74, 6) is 0. The second-order valence-corrected chi connectivity index (χ2v) is 5.85. The monoisotopic (exact) mass is 366 g/mol. The van der Waals surface area contributed by atoms with Gasteiger partial charge in [0.15, 0.2) is 6.29 Å². The molecule has 1 aliphatic rings. The van der Waals surface area contributed by atoms with Gasteiger partial charge in [0, 0.05) is 20.1 Å². The van der Waals surface area contributed by atoms with E-state index in [9.17, 15) is 10.2 Å². The zero-order valence-corrected chi connectivity index (χ0v) is 15.4. The van der Waals surface area contributed by atoms with Gasteiger partial charge in [0.05, 0.1) is 52.4 Å². The molecule has 0 amide bonds. The van der Waals surface area contributed by atoms with Gasteiger partial charge < -0.3 is 38.6 Å². The van der Waals surface area contributed by atoms with Gasteiger partial charge in [-0.1, -0.05) is 13.3 Å². The topological polar surface area (TPSA) is 95.8 Å². The minimum atomic E-state index is -0.853. The van der Waals surface area contributed by atoms with Crippen LogP contribution in [0.3, 0.4) is 0 Å². The van der Waals surface area contributed by atoms with Crippen LogP contribution in [-0.4, -0.2) is 94.8 Å². The van der Waals surface area contributed by atoms with Crippen molar-refractivity contribution in [2.75, 3.05) is 60.0 Å². The van der Waals surface area contributed by atoms with Crippen LogP contribution >= 0.6 is 0 Å². The van der Waals surface area contributed by atoms with E-state index in [2.05, 4.69) is 6.92 Å². The first-order valence-corrected chi connectivity index (χ1v) is 9.04. The van der Waals surface area contributed by atoms with Crippen molar-refractivity contribution in [2.24, 2.45) is 0 Å². The van der Waals surface area contributed by atoms with Gasteiger partial charge in [0.2, 0.25) is 0 Å². The summed E-state index contributed by atoms with van der Waals surface area (Å²) in [6.07, 6.45) is 0.143. The lowest BCUT2D eigenvalue weighted by atomic mass is 10.0. The molecule has 150 valence electrons. The number of aliphatic hydroxyl groups excluding tert-OH is 2. The highest BCUT2D eigenvalue weighted by atomic mass is 16.7. The van der Waals surface area contributed by atoms with E-state index in [4.69, 9.17) is 28.4 Å². The molecule has 4 atom stereocenters. The van der Waals surface area contributed by atoms with Crippen LogP contribution < -0.4 is 0 Å². The molecule has 25 heavy (non-hydrogen) atoms. The Kier molecular flexibility index (Phi) is 13.5. The average Bonchev–Trinajstić information content (AvgIpc) is 2.63. The number of unbranched alkanes of at least 4 members (excludes halogenated alkanes) is 1. The van der Waals surface area contributed by atoms with Crippen LogP contribution in [0, 0.1) is 0 Å². The standard InChI is InChI=1S/C17H34O8/c1-3-4-5-21-6-7-22-8-9-23-10-11-24-16-12-14(20-2)17(19)15(13-18)25-16/h14-19H,3-13H2,1-2H3. The Labute approximate surface area is 150 Å². The van der Waals surface area contributed by atoms with E-state index in [1.54, 1.807) is 0 Å². The summed E-state index contributed by atoms with van der Waals surface area (Å²) in [4.78, 5) is 0. The van der Waals surface area contributed by atoms with Gasteiger partial charge in [0.1, 0.15) is 12.2 Å². The summed E-state index contributed by atoms with van der Waals surface area (Å²) >= 11 is 0. The first-order valence-electron chi connectivity index (χ1n) is 9.04. The molecule has 0 spiro atoms. The first-order chi connectivity index (χ1) is 12.2. The third-order valence-corrected chi connectivity index (χ3v) is 3.91. The van der Waals surface area contributed by atoms with Gasteiger partial charge in [0.25, 0.3) is 0 Å². The van der Waals surface area contributed by atoms with Crippen molar-refractivity contribution in [1.82, 2.24) is 0 Å². The lowest BCUT2D eigenvalue weighted by Gasteiger charge is -2.37. The minimum Gasteiger partial charge on any atom is -0.394 e. The molecule has 1 saturated heterocycles. The molecule has 0 radical (unpaired) electrons. The van der Waals surface area contributed by atoms with E-state index in [0.29, 0.717) is 46.1 Å². The fraction of sp³-hybridized carbons (Fsp3) is 1.00. The van der Waals surface area contributed by atoms with Crippen molar-refractivity contribution in [3.63, 3.8) is 0 Å². The fourth-order valence-corrected chi connectivity index (χ4v) is 2.42. The molecular formula is C17H34O8. The molecule has 1 rings (SSSR count). The van der Waals surface area contributed by atoms with Gasteiger partial charge in [-0.25, -0.2) is 0 Å². The molecule has 2 N–H and O–H groups in total. The van der Waals surface area contributed by atoms with Crippen LogP contribution in [0.15, 0.2) is 0 Å². The first kappa shape index (κ1) is 22.7. The zero-order valence-electron chi connectivity index (χ0n) is 15.4. The van der Waals surface area contributed by atoms with Crippen molar-refractivity contribution in [2.45, 2.75) is 50.8 Å². The highest BCUT2D eigenvalue weighted by Gasteiger charge is 2.37.